The van der Waals surface area contributed by atoms with Crippen LogP contribution in [0.5, 0.6) is 0 Å². The molecule has 0 saturated carbocycles. The van der Waals surface area contributed by atoms with Crippen molar-refractivity contribution in [2.45, 2.75) is 12.5 Å². The van der Waals surface area contributed by atoms with Gasteiger partial charge in [0.2, 0.25) is 6.10 Å². The molecule has 5 nitrogen and oxygen atoms in total. The van der Waals surface area contributed by atoms with E-state index in [1.165, 1.54) is 0 Å². The summed E-state index contributed by atoms with van der Waals surface area (Å²) in [6.45, 7) is 0.899. The lowest BCUT2D eigenvalue weighted by Gasteiger charge is -2.08. The molecule has 0 aromatic heterocycles. The zero-order valence-corrected chi connectivity index (χ0v) is 12.4. The van der Waals surface area contributed by atoms with Crippen LogP contribution in [0.4, 0.5) is 0 Å². The van der Waals surface area contributed by atoms with Crippen LogP contribution < -0.4 is 5.32 Å². The molecular weight excluding hydrogens is 303 g/mol. The molecule has 7 heteroatoms. The first-order valence-corrected chi connectivity index (χ1v) is 6.82. The average molecular weight is 317 g/mol. The highest BCUT2D eigenvalue weighted by Gasteiger charge is 2.28. The molecule has 1 atom stereocenters. The van der Waals surface area contributed by atoms with Crippen LogP contribution in [-0.2, 0) is 14.4 Å². The molecule has 0 saturated heterocycles. The molecule has 0 fully saturated rings. The minimum atomic E-state index is -0.615. The number of ether oxygens (including phenoxy) is 1. The third kappa shape index (κ3) is 3.62. The van der Waals surface area contributed by atoms with E-state index in [0.717, 1.165) is 5.56 Å². The summed E-state index contributed by atoms with van der Waals surface area (Å²) in [5, 5.41) is 7.56. The van der Waals surface area contributed by atoms with Crippen molar-refractivity contribution in [3.8, 4) is 0 Å². The van der Waals surface area contributed by atoms with Crippen molar-refractivity contribution >= 4 is 34.8 Å². The lowest BCUT2D eigenvalue weighted by molar-refractivity contribution is -0.131. The van der Waals surface area contributed by atoms with Crippen LogP contribution in [0.1, 0.15) is 12.0 Å². The Kier molecular flexibility index (Phi) is 5.23. The SMILES string of the molecule is COCCNC(=O)[C@@H]1CC(c2ccc(Cl)c(Cl)c2)=NO1. The van der Waals surface area contributed by atoms with Gasteiger partial charge < -0.3 is 14.9 Å². The number of nitrogens with zero attached hydrogens (tertiary/aromatic N) is 1. The molecule has 1 heterocycles. The van der Waals surface area contributed by atoms with Gasteiger partial charge in [0.15, 0.2) is 0 Å². The number of carbonyl (C=O) groups excluding carboxylic acids is 1. The molecule has 1 N–H and O–H groups in total. The Morgan fingerprint density at radius 2 is 2.30 bits per heavy atom. The molecule has 0 bridgehead atoms. The van der Waals surface area contributed by atoms with E-state index in [2.05, 4.69) is 10.5 Å². The Bertz CT molecular complexity index is 534. The molecule has 1 aliphatic heterocycles. The first kappa shape index (κ1) is 15.1. The molecule has 1 amide bonds. The lowest BCUT2D eigenvalue weighted by Crippen LogP contribution is -2.36. The molecule has 1 aliphatic rings. The smallest absolute Gasteiger partial charge is 0.264 e. The van der Waals surface area contributed by atoms with Gasteiger partial charge in [0.1, 0.15) is 0 Å². The third-order valence-corrected chi connectivity index (χ3v) is 3.56. The summed E-state index contributed by atoms with van der Waals surface area (Å²) in [5.74, 6) is -0.208. The summed E-state index contributed by atoms with van der Waals surface area (Å²) in [7, 11) is 1.57. The predicted octanol–water partition coefficient (Wildman–Crippen LogP) is 2.25. The van der Waals surface area contributed by atoms with Crippen molar-refractivity contribution in [3.63, 3.8) is 0 Å². The lowest BCUT2D eigenvalue weighted by atomic mass is 10.0. The van der Waals surface area contributed by atoms with Crippen LogP contribution in [0.2, 0.25) is 10.0 Å². The normalized spacial score (nSPS) is 17.6. The quantitative estimate of drug-likeness (QED) is 0.848. The second-order valence-electron chi connectivity index (χ2n) is 4.25. The zero-order chi connectivity index (χ0) is 14.5. The molecule has 1 aromatic rings. The Hall–Kier alpha value is -1.30. The fourth-order valence-electron chi connectivity index (χ4n) is 1.75. The van der Waals surface area contributed by atoms with Gasteiger partial charge in [-0.1, -0.05) is 34.4 Å². The van der Waals surface area contributed by atoms with Crippen LogP contribution in [0.25, 0.3) is 0 Å². The van der Waals surface area contributed by atoms with Crippen LogP contribution >= 0.6 is 23.2 Å². The fourth-order valence-corrected chi connectivity index (χ4v) is 2.05. The number of hydrogen-bond donors (Lipinski definition) is 1. The molecule has 0 aliphatic carbocycles. The molecule has 20 heavy (non-hydrogen) atoms. The maximum Gasteiger partial charge on any atom is 0.264 e. The van der Waals surface area contributed by atoms with Crippen molar-refractivity contribution < 1.29 is 14.4 Å². The summed E-state index contributed by atoms with van der Waals surface area (Å²) in [4.78, 5) is 16.9. The number of halogens is 2. The van der Waals surface area contributed by atoms with Crippen molar-refractivity contribution in [3.05, 3.63) is 33.8 Å². The highest BCUT2D eigenvalue weighted by atomic mass is 35.5. The number of rotatable bonds is 5. The maximum absolute atomic E-state index is 11.8. The number of hydrogen-bond acceptors (Lipinski definition) is 4. The minimum Gasteiger partial charge on any atom is -0.383 e. The van der Waals surface area contributed by atoms with E-state index < -0.39 is 6.10 Å². The first-order chi connectivity index (χ1) is 9.61. The number of benzene rings is 1. The number of amides is 1. The standard InChI is InChI=1S/C13H14Cl2N2O3/c1-19-5-4-16-13(18)12-7-11(17-20-12)8-2-3-9(14)10(15)6-8/h2-3,6,12H,4-5,7H2,1H3,(H,16,18)/t12-/m0/s1. The predicted molar refractivity (Wildman–Crippen MR) is 77.4 cm³/mol. The summed E-state index contributed by atoms with van der Waals surface area (Å²) < 4.78 is 4.86. The zero-order valence-electron chi connectivity index (χ0n) is 10.9. The Morgan fingerprint density at radius 1 is 1.50 bits per heavy atom. The van der Waals surface area contributed by atoms with Gasteiger partial charge in [0.25, 0.3) is 5.91 Å². The van der Waals surface area contributed by atoms with Crippen LogP contribution in [0.3, 0.4) is 0 Å². The molecular formula is C13H14Cl2N2O3. The van der Waals surface area contributed by atoms with Crippen LogP contribution in [-0.4, -0.2) is 38.0 Å². The molecule has 1 aromatic carbocycles. The van der Waals surface area contributed by atoms with Gasteiger partial charge in [-0.2, -0.15) is 0 Å². The van der Waals surface area contributed by atoms with Crippen molar-refractivity contribution in [2.24, 2.45) is 5.16 Å². The second-order valence-corrected chi connectivity index (χ2v) is 5.06. The van der Waals surface area contributed by atoms with Crippen molar-refractivity contribution in [1.82, 2.24) is 5.32 Å². The van der Waals surface area contributed by atoms with E-state index in [0.29, 0.717) is 35.3 Å². The third-order valence-electron chi connectivity index (χ3n) is 2.82. The molecule has 0 radical (unpaired) electrons. The highest BCUT2D eigenvalue weighted by molar-refractivity contribution is 6.42. The summed E-state index contributed by atoms with van der Waals surface area (Å²) in [5.41, 5.74) is 1.47. The summed E-state index contributed by atoms with van der Waals surface area (Å²) in [6.07, 6.45) is -0.215. The van der Waals surface area contributed by atoms with E-state index >= 15 is 0 Å². The van der Waals surface area contributed by atoms with E-state index in [1.807, 2.05) is 0 Å². The summed E-state index contributed by atoms with van der Waals surface area (Å²) >= 11 is 11.8. The topological polar surface area (TPSA) is 59.9 Å². The van der Waals surface area contributed by atoms with Crippen LogP contribution in [0, 0.1) is 0 Å². The number of carbonyl (C=O) groups is 1. The van der Waals surface area contributed by atoms with Gasteiger partial charge in [0.05, 0.1) is 22.4 Å². The second kappa shape index (κ2) is 6.92. The largest absolute Gasteiger partial charge is 0.383 e. The van der Waals surface area contributed by atoms with E-state index in [-0.39, 0.29) is 5.91 Å². The fraction of sp³-hybridized carbons (Fsp3) is 0.385. The van der Waals surface area contributed by atoms with Gasteiger partial charge in [-0.25, -0.2) is 0 Å². The Labute approximate surface area is 126 Å². The first-order valence-electron chi connectivity index (χ1n) is 6.06. The highest BCUT2D eigenvalue weighted by Crippen LogP contribution is 2.25. The number of nitrogens with one attached hydrogen (secondary N) is 1. The number of methoxy groups -OCH3 is 1. The number of oxime groups is 1. The average Bonchev–Trinajstić information content (AvgIpc) is 2.92. The Balaban J connectivity index is 1.94. The van der Waals surface area contributed by atoms with Gasteiger partial charge in [-0.3, -0.25) is 4.79 Å². The van der Waals surface area contributed by atoms with Crippen molar-refractivity contribution in [2.75, 3.05) is 20.3 Å². The van der Waals surface area contributed by atoms with Gasteiger partial charge >= 0.3 is 0 Å². The molecule has 0 unspecified atom stereocenters. The van der Waals surface area contributed by atoms with E-state index in [9.17, 15) is 4.79 Å². The minimum absolute atomic E-state index is 0.208. The summed E-state index contributed by atoms with van der Waals surface area (Å²) in [6, 6.07) is 5.19. The maximum atomic E-state index is 11.8. The van der Waals surface area contributed by atoms with E-state index in [1.54, 1.807) is 25.3 Å². The van der Waals surface area contributed by atoms with Gasteiger partial charge in [-0.05, 0) is 12.1 Å². The van der Waals surface area contributed by atoms with Crippen molar-refractivity contribution in [1.29, 1.82) is 0 Å². The van der Waals surface area contributed by atoms with Gasteiger partial charge in [0, 0.05) is 25.6 Å². The monoisotopic (exact) mass is 316 g/mol. The molecule has 2 rings (SSSR count). The van der Waals surface area contributed by atoms with Gasteiger partial charge in [-0.15, -0.1) is 0 Å². The van der Waals surface area contributed by atoms with E-state index in [4.69, 9.17) is 32.8 Å². The Morgan fingerprint density at radius 3 is 3.00 bits per heavy atom. The molecule has 0 spiro atoms. The van der Waals surface area contributed by atoms with Crippen LogP contribution in [0.15, 0.2) is 23.4 Å². The molecule has 108 valence electrons.